The monoisotopic (exact) mass is 1310 g/mol. The molecule has 0 fully saturated rings. The van der Waals surface area contributed by atoms with Crippen LogP contribution in [0.25, 0.3) is 0 Å². The van der Waals surface area contributed by atoms with Gasteiger partial charge in [-0.25, -0.2) is 9.13 Å². The average Bonchev–Trinajstić information content (AvgIpc) is 3.66. The lowest BCUT2D eigenvalue weighted by Gasteiger charge is -2.21. The van der Waals surface area contributed by atoms with E-state index in [1.54, 1.807) is 0 Å². The molecule has 3 N–H and O–H groups in total. The second kappa shape index (κ2) is 60.5. The molecule has 0 saturated carbocycles. The maximum Gasteiger partial charge on any atom is 0.472 e. The third-order valence-electron chi connectivity index (χ3n) is 15.5. The maximum atomic E-state index is 13.0. The average molecular weight is 1310 g/mol. The molecule has 0 heterocycles. The van der Waals surface area contributed by atoms with Crippen molar-refractivity contribution in [1.29, 1.82) is 0 Å². The zero-order chi connectivity index (χ0) is 65.9. The molecule has 0 bridgehead atoms. The Kier molecular flexibility index (Phi) is 58.8. The Labute approximate surface area is 542 Å². The van der Waals surface area contributed by atoms with Gasteiger partial charge in [-0.2, -0.15) is 0 Å². The summed E-state index contributed by atoms with van der Waals surface area (Å²) in [5.41, 5.74) is 0. The Bertz CT molecular complexity index is 1840. The lowest BCUT2D eigenvalue weighted by Crippen LogP contribution is -2.30. The number of phosphoric acid groups is 2. The van der Waals surface area contributed by atoms with Crippen LogP contribution in [0.2, 0.25) is 0 Å². The maximum absolute atomic E-state index is 13.0. The lowest BCUT2D eigenvalue weighted by molar-refractivity contribution is -0.161. The number of rotatable bonds is 66. The molecule has 0 aliphatic heterocycles. The number of aliphatic hydroxyl groups excluding tert-OH is 1. The van der Waals surface area contributed by atoms with E-state index in [1.807, 2.05) is 0 Å². The highest BCUT2D eigenvalue weighted by Gasteiger charge is 2.30. The normalized spacial score (nSPS) is 14.4. The van der Waals surface area contributed by atoms with Gasteiger partial charge in [0.2, 0.25) is 0 Å². The van der Waals surface area contributed by atoms with E-state index < -0.39 is 97.5 Å². The molecule has 0 aromatic heterocycles. The van der Waals surface area contributed by atoms with Crippen molar-refractivity contribution in [3.63, 3.8) is 0 Å². The first kappa shape index (κ1) is 86.5. The van der Waals surface area contributed by atoms with Crippen LogP contribution >= 0.6 is 15.6 Å². The highest BCUT2D eigenvalue weighted by atomic mass is 31.2. The molecule has 0 radical (unpaired) electrons. The molecular weight excluding hydrogens is 1170 g/mol. The highest BCUT2D eigenvalue weighted by Crippen LogP contribution is 2.45. The third kappa shape index (κ3) is 64.1. The Morgan fingerprint density at radius 3 is 0.910 bits per heavy atom. The summed E-state index contributed by atoms with van der Waals surface area (Å²) in [6.45, 7) is 11.7. The van der Waals surface area contributed by atoms with Crippen LogP contribution in [0.3, 0.4) is 0 Å². The summed E-state index contributed by atoms with van der Waals surface area (Å²) in [6.07, 6.45) is 46.8. The summed E-state index contributed by atoms with van der Waals surface area (Å²) in [5.74, 6) is 0.00747. The predicted octanol–water partition coefficient (Wildman–Crippen LogP) is 19.4. The highest BCUT2D eigenvalue weighted by molar-refractivity contribution is 7.47. The molecule has 0 amide bonds. The first-order valence-electron chi connectivity index (χ1n) is 35.7. The van der Waals surface area contributed by atoms with E-state index in [1.165, 1.54) is 116 Å². The number of ether oxygens (including phenoxy) is 4. The molecule has 524 valence electrons. The molecule has 0 rings (SSSR count). The molecule has 0 aliphatic rings. The first-order chi connectivity index (χ1) is 42.7. The van der Waals surface area contributed by atoms with Crippen molar-refractivity contribution in [2.45, 2.75) is 343 Å². The number of allylic oxidation sites excluding steroid dienone is 4. The van der Waals surface area contributed by atoms with Crippen LogP contribution in [-0.2, 0) is 65.4 Å². The first-order valence-corrected chi connectivity index (χ1v) is 38.7. The van der Waals surface area contributed by atoms with E-state index in [-0.39, 0.29) is 25.7 Å². The molecule has 0 aromatic rings. The molecule has 0 aliphatic carbocycles. The van der Waals surface area contributed by atoms with Crippen LogP contribution < -0.4 is 0 Å². The number of esters is 4. The molecule has 0 spiro atoms. The second-order valence-corrected chi connectivity index (χ2v) is 28.9. The molecule has 19 heteroatoms. The van der Waals surface area contributed by atoms with Crippen LogP contribution in [0, 0.1) is 17.8 Å². The van der Waals surface area contributed by atoms with Gasteiger partial charge < -0.3 is 33.8 Å². The molecule has 3 unspecified atom stereocenters. The number of hydrogen-bond acceptors (Lipinski definition) is 15. The number of hydrogen-bond donors (Lipinski definition) is 3. The number of unbranched alkanes of at least 4 members (excludes halogenated alkanes) is 31. The molecule has 5 atom stereocenters. The van der Waals surface area contributed by atoms with Gasteiger partial charge in [-0.3, -0.25) is 37.3 Å². The largest absolute Gasteiger partial charge is 0.472 e. The van der Waals surface area contributed by atoms with Gasteiger partial charge in [0.25, 0.3) is 0 Å². The third-order valence-corrected chi connectivity index (χ3v) is 17.4. The van der Waals surface area contributed by atoms with Crippen LogP contribution in [-0.4, -0.2) is 96.7 Å². The van der Waals surface area contributed by atoms with Gasteiger partial charge in [0, 0.05) is 25.7 Å². The molecule has 0 aromatic carbocycles. The fraction of sp³-hybridized carbons (Fsp3) is 0.886. The van der Waals surface area contributed by atoms with Crippen molar-refractivity contribution in [3.05, 3.63) is 24.3 Å². The predicted molar refractivity (Wildman–Crippen MR) is 358 cm³/mol. The fourth-order valence-electron chi connectivity index (χ4n) is 10.0. The van der Waals surface area contributed by atoms with E-state index in [0.29, 0.717) is 31.6 Å². The van der Waals surface area contributed by atoms with Crippen molar-refractivity contribution in [3.8, 4) is 0 Å². The molecule has 0 saturated heterocycles. The molecule has 89 heavy (non-hydrogen) atoms. The standard InChI is InChI=1S/C70H132O17P2/c1-8-9-10-11-12-13-14-15-16-17-18-22-30-37-44-51-67(72)80-58-66(87-70(75)54-47-40-33-26-29-36-43-50-63(6)7)60-85-89(78,79)83-56-64(71)55-82-88(76,77)84-59-65(57-81-68(73)52-45-38-31-25-24-28-35-42-49-62(4)5)86-69(74)53-46-39-32-23-20-19-21-27-34-41-48-61(2)3/h13-16,61-66,71H,8-12,17-60H2,1-7H3,(H,76,77)(H,78,79)/b14-13-,16-15-/t64?,65-,66-/m1/s1. The fourth-order valence-corrected chi connectivity index (χ4v) is 11.6. The lowest BCUT2D eigenvalue weighted by atomic mass is 10.0. The van der Waals surface area contributed by atoms with Crippen LogP contribution in [0.15, 0.2) is 24.3 Å². The van der Waals surface area contributed by atoms with Crippen molar-refractivity contribution >= 4 is 39.5 Å². The second-order valence-electron chi connectivity index (χ2n) is 26.0. The zero-order valence-corrected chi connectivity index (χ0v) is 59.2. The van der Waals surface area contributed by atoms with Crippen molar-refractivity contribution in [2.24, 2.45) is 17.8 Å². The van der Waals surface area contributed by atoms with Crippen LogP contribution in [0.1, 0.15) is 325 Å². The van der Waals surface area contributed by atoms with E-state index in [9.17, 15) is 43.2 Å². The smallest absolute Gasteiger partial charge is 0.462 e. The minimum atomic E-state index is -4.96. The summed E-state index contributed by atoms with van der Waals surface area (Å²) in [5, 5.41) is 10.6. The van der Waals surface area contributed by atoms with Crippen molar-refractivity contribution in [1.82, 2.24) is 0 Å². The number of carbonyl (C=O) groups excluding carboxylic acids is 4. The van der Waals surface area contributed by atoms with Gasteiger partial charge in [-0.1, -0.05) is 272 Å². The number of phosphoric ester groups is 2. The minimum absolute atomic E-state index is 0.0961. The van der Waals surface area contributed by atoms with Gasteiger partial charge in [-0.05, 0) is 69.1 Å². The summed E-state index contributed by atoms with van der Waals surface area (Å²) in [4.78, 5) is 72.5. The SMILES string of the molecule is CCCCCC/C=C\C=C/CCCCCCCC(=O)OC[C@H](COP(=O)(O)OCC(O)COP(=O)(O)OC[C@@H](COC(=O)CCCCCCCCCCC(C)C)OC(=O)CCCCCCCCCCCCC(C)C)OC(=O)CCCCCCCCCC(C)C. The van der Waals surface area contributed by atoms with Gasteiger partial charge in [0.1, 0.15) is 19.3 Å². The Morgan fingerprint density at radius 2 is 0.607 bits per heavy atom. The van der Waals surface area contributed by atoms with E-state index >= 15 is 0 Å². The van der Waals surface area contributed by atoms with Crippen LogP contribution in [0.5, 0.6) is 0 Å². The Balaban J connectivity index is 5.27. The topological polar surface area (TPSA) is 237 Å². The Morgan fingerprint density at radius 1 is 0.348 bits per heavy atom. The quantitative estimate of drug-likeness (QED) is 0.0169. The van der Waals surface area contributed by atoms with E-state index in [2.05, 4.69) is 72.8 Å². The number of carbonyl (C=O) groups is 4. The van der Waals surface area contributed by atoms with Gasteiger partial charge in [-0.15, -0.1) is 0 Å². The summed E-state index contributed by atoms with van der Waals surface area (Å²) < 4.78 is 68.2. The van der Waals surface area contributed by atoms with Gasteiger partial charge in [0.05, 0.1) is 26.4 Å². The molecular formula is C70H132O17P2. The van der Waals surface area contributed by atoms with Crippen molar-refractivity contribution in [2.75, 3.05) is 39.6 Å². The zero-order valence-electron chi connectivity index (χ0n) is 57.4. The van der Waals surface area contributed by atoms with Crippen LogP contribution in [0.4, 0.5) is 0 Å². The Hall–Kier alpha value is -2.46. The summed E-state index contributed by atoms with van der Waals surface area (Å²) in [7, 11) is -9.91. The van der Waals surface area contributed by atoms with E-state index in [4.69, 9.17) is 37.0 Å². The number of aliphatic hydroxyl groups is 1. The summed E-state index contributed by atoms with van der Waals surface area (Å²) >= 11 is 0. The van der Waals surface area contributed by atoms with E-state index in [0.717, 1.165) is 121 Å². The summed E-state index contributed by atoms with van der Waals surface area (Å²) in [6, 6.07) is 0. The molecule has 17 nitrogen and oxygen atoms in total. The van der Waals surface area contributed by atoms with Crippen molar-refractivity contribution < 1.29 is 80.2 Å². The minimum Gasteiger partial charge on any atom is -0.462 e. The van der Waals surface area contributed by atoms with Gasteiger partial charge >= 0.3 is 39.5 Å². The van der Waals surface area contributed by atoms with Gasteiger partial charge in [0.15, 0.2) is 12.2 Å².